The predicted molar refractivity (Wildman–Crippen MR) is 106 cm³/mol. The third kappa shape index (κ3) is 3.40. The molecular weight excluding hydrogens is 346 g/mol. The highest BCUT2D eigenvalue weighted by molar-refractivity contribution is 8.04. The summed E-state index contributed by atoms with van der Waals surface area (Å²) in [5.74, 6) is -0.0730. The molecule has 0 saturated carbocycles. The Bertz CT molecular complexity index is 859. The largest absolute Gasteiger partial charge is 0.492 e. The fourth-order valence-electron chi connectivity index (χ4n) is 2.85. The van der Waals surface area contributed by atoms with Crippen molar-refractivity contribution in [1.29, 1.82) is 0 Å². The van der Waals surface area contributed by atoms with Crippen LogP contribution in [0.2, 0.25) is 0 Å². The summed E-state index contributed by atoms with van der Waals surface area (Å²) in [7, 11) is 0. The van der Waals surface area contributed by atoms with Crippen molar-refractivity contribution in [3.8, 4) is 5.75 Å². The van der Waals surface area contributed by atoms with Gasteiger partial charge in [0.05, 0.1) is 22.8 Å². The van der Waals surface area contributed by atoms with E-state index in [1.807, 2.05) is 57.2 Å². The summed E-state index contributed by atoms with van der Waals surface area (Å²) in [6.07, 6.45) is 0. The molecule has 134 valence electrons. The smallest absolute Gasteiger partial charge is 0.272 e. The fourth-order valence-corrected chi connectivity index (χ4v) is 3.84. The molecule has 1 aliphatic heterocycles. The summed E-state index contributed by atoms with van der Waals surface area (Å²) in [5, 5.41) is 0.183. The zero-order valence-corrected chi connectivity index (χ0v) is 15.9. The van der Waals surface area contributed by atoms with Crippen molar-refractivity contribution >= 4 is 34.8 Å². The number of carbonyl (C=O) groups is 2. The quantitative estimate of drug-likeness (QED) is 0.705. The van der Waals surface area contributed by atoms with Crippen molar-refractivity contribution in [3.05, 3.63) is 65.1 Å². The Morgan fingerprint density at radius 3 is 2.27 bits per heavy atom. The van der Waals surface area contributed by atoms with Gasteiger partial charge in [-0.1, -0.05) is 56.3 Å². The Morgan fingerprint density at radius 1 is 0.962 bits per heavy atom. The molecule has 2 aromatic carbocycles. The number of carbonyl (C=O) groups excluding carboxylic acids is 2. The van der Waals surface area contributed by atoms with E-state index < -0.39 is 0 Å². The topological polar surface area (TPSA) is 46.6 Å². The van der Waals surface area contributed by atoms with Gasteiger partial charge in [-0.15, -0.1) is 11.8 Å². The molecular formula is C21H21NO3S. The average Bonchev–Trinajstić information content (AvgIpc) is 2.86. The number of hydrogen-bond donors (Lipinski definition) is 0. The first kappa shape index (κ1) is 18.3. The van der Waals surface area contributed by atoms with Gasteiger partial charge in [-0.2, -0.15) is 0 Å². The summed E-state index contributed by atoms with van der Waals surface area (Å²) in [4.78, 5) is 28.1. The number of hydrogen-bond acceptors (Lipinski definition) is 4. The molecule has 2 amide bonds. The molecule has 0 bridgehead atoms. The molecule has 5 heteroatoms. The second kappa shape index (κ2) is 7.79. The Labute approximate surface area is 157 Å². The Hall–Kier alpha value is -2.53. The van der Waals surface area contributed by atoms with Crippen LogP contribution in [0.1, 0.15) is 26.3 Å². The maximum Gasteiger partial charge on any atom is 0.272 e. The third-order valence-corrected chi connectivity index (χ3v) is 4.95. The van der Waals surface area contributed by atoms with Crippen LogP contribution in [0.15, 0.2) is 59.5 Å². The van der Waals surface area contributed by atoms with E-state index >= 15 is 0 Å². The molecule has 1 heterocycles. The highest BCUT2D eigenvalue weighted by Crippen LogP contribution is 2.42. The first-order valence-corrected chi connectivity index (χ1v) is 9.49. The minimum atomic E-state index is -0.309. The van der Waals surface area contributed by atoms with E-state index in [1.54, 1.807) is 18.2 Å². The monoisotopic (exact) mass is 367 g/mol. The number of rotatable bonds is 6. The summed E-state index contributed by atoms with van der Waals surface area (Å²) in [5.41, 5.74) is 1.70. The number of imide groups is 1. The van der Waals surface area contributed by atoms with Gasteiger partial charge in [0.1, 0.15) is 5.75 Å². The molecule has 4 nitrogen and oxygen atoms in total. The lowest BCUT2D eigenvalue weighted by atomic mass is 10.1. The van der Waals surface area contributed by atoms with Gasteiger partial charge >= 0.3 is 0 Å². The standard InChI is InChI=1S/C21H21NO3S/c1-4-25-17-13-9-8-12-16(17)22-20(23)18(15-10-6-5-7-11-15)19(21(22)24)26-14(2)3/h5-14H,4H2,1-3H3. The molecule has 0 aromatic heterocycles. The molecule has 0 spiro atoms. The van der Waals surface area contributed by atoms with Crippen LogP contribution in [-0.2, 0) is 9.59 Å². The van der Waals surface area contributed by atoms with Crippen molar-refractivity contribution in [2.24, 2.45) is 0 Å². The van der Waals surface area contributed by atoms with Gasteiger partial charge in [0.2, 0.25) is 0 Å². The van der Waals surface area contributed by atoms with Gasteiger partial charge in [-0.05, 0) is 24.6 Å². The minimum absolute atomic E-state index is 0.183. The number of anilines is 1. The highest BCUT2D eigenvalue weighted by atomic mass is 32.2. The molecule has 0 radical (unpaired) electrons. The molecule has 0 unspecified atom stereocenters. The molecule has 0 saturated heterocycles. The Balaban J connectivity index is 2.11. The van der Waals surface area contributed by atoms with E-state index in [0.29, 0.717) is 28.5 Å². The molecule has 0 aliphatic carbocycles. The van der Waals surface area contributed by atoms with E-state index in [0.717, 1.165) is 5.56 Å². The lowest BCUT2D eigenvalue weighted by molar-refractivity contribution is -0.119. The predicted octanol–water partition coefficient (Wildman–Crippen LogP) is 4.51. The van der Waals surface area contributed by atoms with Crippen molar-refractivity contribution in [2.75, 3.05) is 11.5 Å². The first-order chi connectivity index (χ1) is 12.5. The minimum Gasteiger partial charge on any atom is -0.492 e. The van der Waals surface area contributed by atoms with Gasteiger partial charge < -0.3 is 4.74 Å². The van der Waals surface area contributed by atoms with Gasteiger partial charge in [-0.25, -0.2) is 4.90 Å². The maximum atomic E-state index is 13.2. The van der Waals surface area contributed by atoms with Crippen LogP contribution >= 0.6 is 11.8 Å². The molecule has 0 fully saturated rings. The summed E-state index contributed by atoms with van der Waals surface area (Å²) >= 11 is 1.42. The van der Waals surface area contributed by atoms with Crippen molar-refractivity contribution < 1.29 is 14.3 Å². The molecule has 0 atom stereocenters. The van der Waals surface area contributed by atoms with Crippen LogP contribution in [0.4, 0.5) is 5.69 Å². The van der Waals surface area contributed by atoms with Gasteiger partial charge in [0.25, 0.3) is 11.8 Å². The van der Waals surface area contributed by atoms with E-state index in [-0.39, 0.29) is 17.1 Å². The van der Waals surface area contributed by atoms with Crippen LogP contribution in [0.3, 0.4) is 0 Å². The maximum absolute atomic E-state index is 13.2. The average molecular weight is 367 g/mol. The van der Waals surface area contributed by atoms with Gasteiger partial charge in [-0.3, -0.25) is 9.59 Å². The van der Waals surface area contributed by atoms with Crippen LogP contribution < -0.4 is 9.64 Å². The van der Waals surface area contributed by atoms with Crippen LogP contribution in [-0.4, -0.2) is 23.7 Å². The molecule has 3 rings (SSSR count). The van der Waals surface area contributed by atoms with E-state index in [4.69, 9.17) is 4.74 Å². The third-order valence-electron chi connectivity index (χ3n) is 3.86. The SMILES string of the molecule is CCOc1ccccc1N1C(=O)C(SC(C)C)=C(c2ccccc2)C1=O. The van der Waals surface area contributed by atoms with Crippen molar-refractivity contribution in [1.82, 2.24) is 0 Å². The Kier molecular flexibility index (Phi) is 5.47. The number of ether oxygens (including phenoxy) is 1. The zero-order valence-electron chi connectivity index (χ0n) is 15.1. The van der Waals surface area contributed by atoms with Crippen LogP contribution in [0.25, 0.3) is 5.57 Å². The highest BCUT2D eigenvalue weighted by Gasteiger charge is 2.41. The summed E-state index contributed by atoms with van der Waals surface area (Å²) in [6.45, 7) is 6.35. The van der Waals surface area contributed by atoms with Crippen LogP contribution in [0, 0.1) is 0 Å². The van der Waals surface area contributed by atoms with Crippen molar-refractivity contribution in [2.45, 2.75) is 26.0 Å². The van der Waals surface area contributed by atoms with Gasteiger partial charge in [0, 0.05) is 5.25 Å². The number of nitrogens with zero attached hydrogens (tertiary/aromatic N) is 1. The summed E-state index contributed by atoms with van der Waals surface area (Å²) < 4.78 is 5.63. The van der Waals surface area contributed by atoms with E-state index in [2.05, 4.69) is 0 Å². The van der Waals surface area contributed by atoms with E-state index in [1.165, 1.54) is 16.7 Å². The van der Waals surface area contributed by atoms with E-state index in [9.17, 15) is 9.59 Å². The van der Waals surface area contributed by atoms with Crippen LogP contribution in [0.5, 0.6) is 5.75 Å². The number of amides is 2. The van der Waals surface area contributed by atoms with Crippen molar-refractivity contribution in [3.63, 3.8) is 0 Å². The lowest BCUT2D eigenvalue weighted by Gasteiger charge is -2.19. The fraction of sp³-hybridized carbons (Fsp3) is 0.238. The second-order valence-electron chi connectivity index (χ2n) is 6.08. The molecule has 1 aliphatic rings. The molecule has 26 heavy (non-hydrogen) atoms. The number of thioether (sulfide) groups is 1. The molecule has 0 N–H and O–H groups in total. The lowest BCUT2D eigenvalue weighted by Crippen LogP contribution is -2.31. The molecule has 2 aromatic rings. The van der Waals surface area contributed by atoms with Gasteiger partial charge in [0.15, 0.2) is 0 Å². The number of para-hydroxylation sites is 2. The first-order valence-electron chi connectivity index (χ1n) is 8.61. The second-order valence-corrected chi connectivity index (χ2v) is 7.67. The normalized spacial score (nSPS) is 14.5. The number of benzene rings is 2. The summed E-state index contributed by atoms with van der Waals surface area (Å²) in [6, 6.07) is 16.5. The zero-order chi connectivity index (χ0) is 18.7. The Morgan fingerprint density at radius 2 is 1.62 bits per heavy atom.